The number of nitrogens with one attached hydrogen (secondary N) is 2. The normalized spacial score (nSPS) is 12.5. The number of aromatic nitrogens is 1. The molecule has 0 spiro atoms. The van der Waals surface area contributed by atoms with Crippen LogP contribution in [0.5, 0.6) is 5.75 Å². The van der Waals surface area contributed by atoms with Crippen LogP contribution in [0.15, 0.2) is 33.7 Å². The van der Waals surface area contributed by atoms with Gasteiger partial charge in [0, 0.05) is 13.1 Å². The lowest BCUT2D eigenvalue weighted by atomic mass is 10.1. The van der Waals surface area contributed by atoms with Gasteiger partial charge in [0.1, 0.15) is 18.1 Å². The molecule has 0 bridgehead atoms. The summed E-state index contributed by atoms with van der Waals surface area (Å²) in [7, 11) is 0. The first-order valence-electron chi connectivity index (χ1n) is 9.28. The Balaban J connectivity index is 0.00000392. The third kappa shape index (κ3) is 7.67. The summed E-state index contributed by atoms with van der Waals surface area (Å²) in [6.07, 6.45) is -0.536. The fourth-order valence-electron chi connectivity index (χ4n) is 2.45. The van der Waals surface area contributed by atoms with Crippen molar-refractivity contribution in [2.24, 2.45) is 4.99 Å². The van der Waals surface area contributed by atoms with E-state index in [0.29, 0.717) is 31.5 Å². The van der Waals surface area contributed by atoms with Crippen LogP contribution in [0, 0.1) is 13.8 Å². The van der Waals surface area contributed by atoms with E-state index in [9.17, 15) is 5.11 Å². The average Bonchev–Trinajstić information content (AvgIpc) is 2.95. The Morgan fingerprint density at radius 2 is 1.89 bits per heavy atom. The van der Waals surface area contributed by atoms with E-state index in [1.807, 2.05) is 58.9 Å². The Labute approximate surface area is 184 Å². The molecule has 0 saturated heterocycles. The van der Waals surface area contributed by atoms with Gasteiger partial charge in [0.05, 0.1) is 17.9 Å². The predicted molar refractivity (Wildman–Crippen MR) is 121 cm³/mol. The van der Waals surface area contributed by atoms with Gasteiger partial charge in [-0.25, -0.2) is 9.98 Å². The number of hydrogen-bond donors (Lipinski definition) is 3. The van der Waals surface area contributed by atoms with Gasteiger partial charge in [-0.2, -0.15) is 0 Å². The smallest absolute Gasteiger partial charge is 0.216 e. The van der Waals surface area contributed by atoms with Crippen molar-refractivity contribution in [3.05, 3.63) is 47.2 Å². The maximum Gasteiger partial charge on any atom is 0.216 e. The van der Waals surface area contributed by atoms with E-state index < -0.39 is 6.10 Å². The van der Waals surface area contributed by atoms with E-state index in [1.165, 1.54) is 0 Å². The lowest BCUT2D eigenvalue weighted by Crippen LogP contribution is -2.39. The summed E-state index contributed by atoms with van der Waals surface area (Å²) in [6.45, 7) is 11.1. The Morgan fingerprint density at radius 3 is 2.43 bits per heavy atom. The molecule has 0 saturated carbocycles. The number of hydrogen-bond acceptors (Lipinski definition) is 5. The molecular weight excluding hydrogens is 471 g/mol. The monoisotopic (exact) mass is 502 g/mol. The third-order valence-corrected chi connectivity index (χ3v) is 3.89. The number of aliphatic imine (C=N–C) groups is 1. The number of benzene rings is 1. The molecule has 1 unspecified atom stereocenters. The molecule has 0 radical (unpaired) electrons. The molecule has 2 aromatic rings. The Bertz CT molecular complexity index is 725. The fraction of sp³-hybridized carbons (Fsp3) is 0.500. The van der Waals surface area contributed by atoms with Crippen molar-refractivity contribution in [1.29, 1.82) is 0 Å². The topological polar surface area (TPSA) is 91.9 Å². The van der Waals surface area contributed by atoms with Crippen molar-refractivity contribution >= 4 is 29.9 Å². The highest BCUT2D eigenvalue weighted by molar-refractivity contribution is 14.0. The largest absolute Gasteiger partial charge is 0.491 e. The van der Waals surface area contributed by atoms with Crippen molar-refractivity contribution < 1.29 is 14.3 Å². The van der Waals surface area contributed by atoms with Gasteiger partial charge in [0.2, 0.25) is 5.89 Å². The van der Waals surface area contributed by atoms with Crippen molar-refractivity contribution in [1.82, 2.24) is 15.6 Å². The zero-order chi connectivity index (χ0) is 19.8. The van der Waals surface area contributed by atoms with Gasteiger partial charge in [0.25, 0.3) is 0 Å². The van der Waals surface area contributed by atoms with Crippen LogP contribution < -0.4 is 15.4 Å². The molecule has 2 rings (SSSR count). The van der Waals surface area contributed by atoms with Crippen LogP contribution in [0.4, 0.5) is 0 Å². The van der Waals surface area contributed by atoms with Crippen LogP contribution in [0.2, 0.25) is 0 Å². The van der Waals surface area contributed by atoms with Crippen molar-refractivity contribution in [2.75, 3.05) is 13.1 Å². The molecule has 7 nitrogen and oxygen atoms in total. The first kappa shape index (κ1) is 24.2. The van der Waals surface area contributed by atoms with Crippen molar-refractivity contribution in [3.63, 3.8) is 0 Å². The fourth-order valence-corrected chi connectivity index (χ4v) is 2.45. The molecule has 1 heterocycles. The molecule has 0 amide bonds. The maximum atomic E-state index is 10.4. The number of oxazole rings is 1. The van der Waals surface area contributed by atoms with E-state index in [2.05, 4.69) is 20.6 Å². The maximum absolute atomic E-state index is 10.4. The zero-order valence-electron chi connectivity index (χ0n) is 17.2. The molecule has 1 aromatic carbocycles. The van der Waals surface area contributed by atoms with E-state index in [1.54, 1.807) is 0 Å². The molecule has 0 aliphatic carbocycles. The number of halogens is 1. The summed E-state index contributed by atoms with van der Waals surface area (Å²) in [5.41, 5.74) is 1.69. The Kier molecular flexibility index (Phi) is 10.3. The minimum Gasteiger partial charge on any atom is -0.491 e. The van der Waals surface area contributed by atoms with E-state index >= 15 is 0 Å². The first-order chi connectivity index (χ1) is 12.9. The van der Waals surface area contributed by atoms with Gasteiger partial charge in [-0.15, -0.1) is 24.0 Å². The van der Waals surface area contributed by atoms with Crippen LogP contribution in [-0.2, 0) is 6.54 Å². The molecular formula is C20H31IN4O3. The summed E-state index contributed by atoms with van der Waals surface area (Å²) in [5, 5.41) is 16.7. The molecule has 1 atom stereocenters. The predicted octanol–water partition coefficient (Wildman–Crippen LogP) is 3.49. The second-order valence-corrected chi connectivity index (χ2v) is 6.58. The summed E-state index contributed by atoms with van der Waals surface area (Å²) < 4.78 is 11.2. The van der Waals surface area contributed by atoms with Crippen LogP contribution in [0.1, 0.15) is 49.8 Å². The Morgan fingerprint density at radius 1 is 1.21 bits per heavy atom. The van der Waals surface area contributed by atoms with Gasteiger partial charge in [-0.05, 0) is 52.3 Å². The average molecular weight is 502 g/mol. The number of ether oxygens (including phenoxy) is 1. The number of rotatable bonds is 8. The van der Waals surface area contributed by atoms with Crippen LogP contribution in [-0.4, -0.2) is 35.2 Å². The Hall–Kier alpha value is -1.81. The summed E-state index contributed by atoms with van der Waals surface area (Å²) in [6, 6.07) is 7.47. The number of aliphatic hydroxyl groups excluding tert-OH is 1. The SMILES string of the molecule is CCNC(=NCc1nc(C)c(C)o1)NCC(O)c1ccc(OC(C)C)cc1.I. The molecule has 1 aromatic heterocycles. The lowest BCUT2D eigenvalue weighted by molar-refractivity contribution is 0.180. The number of aryl methyl sites for hydroxylation is 2. The van der Waals surface area contributed by atoms with Crippen LogP contribution in [0.3, 0.4) is 0 Å². The van der Waals surface area contributed by atoms with Crippen LogP contribution >= 0.6 is 24.0 Å². The highest BCUT2D eigenvalue weighted by Gasteiger charge is 2.10. The van der Waals surface area contributed by atoms with Crippen molar-refractivity contribution in [2.45, 2.75) is 53.4 Å². The molecule has 0 aliphatic rings. The van der Waals surface area contributed by atoms with E-state index in [-0.39, 0.29) is 30.1 Å². The minimum absolute atomic E-state index is 0. The van der Waals surface area contributed by atoms with Gasteiger partial charge in [-0.3, -0.25) is 0 Å². The highest BCUT2D eigenvalue weighted by atomic mass is 127. The van der Waals surface area contributed by atoms with Gasteiger partial charge in [0.15, 0.2) is 5.96 Å². The molecule has 0 fully saturated rings. The van der Waals surface area contributed by atoms with E-state index in [4.69, 9.17) is 9.15 Å². The molecule has 8 heteroatoms. The summed E-state index contributed by atoms with van der Waals surface area (Å²) >= 11 is 0. The minimum atomic E-state index is -0.659. The van der Waals surface area contributed by atoms with Gasteiger partial charge in [-0.1, -0.05) is 12.1 Å². The highest BCUT2D eigenvalue weighted by Crippen LogP contribution is 2.18. The van der Waals surface area contributed by atoms with Crippen molar-refractivity contribution in [3.8, 4) is 5.75 Å². The number of nitrogens with zero attached hydrogens (tertiary/aromatic N) is 2. The second kappa shape index (κ2) is 11.9. The second-order valence-electron chi connectivity index (χ2n) is 6.58. The van der Waals surface area contributed by atoms with E-state index in [0.717, 1.165) is 22.8 Å². The molecule has 0 aliphatic heterocycles. The van der Waals surface area contributed by atoms with Gasteiger partial charge < -0.3 is 24.9 Å². The molecule has 156 valence electrons. The third-order valence-electron chi connectivity index (χ3n) is 3.89. The lowest BCUT2D eigenvalue weighted by Gasteiger charge is -2.16. The standard InChI is InChI=1S/C20H30N4O3.HI/c1-6-21-20(23-12-19-24-14(4)15(5)27-19)22-11-18(25)16-7-9-17(10-8-16)26-13(2)3;/h7-10,13,18,25H,6,11-12H2,1-5H3,(H2,21,22,23);1H. The first-order valence-corrected chi connectivity index (χ1v) is 9.28. The summed E-state index contributed by atoms with van der Waals surface area (Å²) in [4.78, 5) is 8.78. The van der Waals surface area contributed by atoms with Crippen LogP contribution in [0.25, 0.3) is 0 Å². The number of aliphatic hydroxyl groups is 1. The molecule has 28 heavy (non-hydrogen) atoms. The summed E-state index contributed by atoms with van der Waals surface area (Å²) in [5.74, 6) is 2.77. The number of guanidine groups is 1. The molecule has 3 N–H and O–H groups in total. The van der Waals surface area contributed by atoms with Gasteiger partial charge >= 0.3 is 0 Å². The zero-order valence-corrected chi connectivity index (χ0v) is 19.5. The quantitative estimate of drug-likeness (QED) is 0.291.